The molecule has 2 heterocycles. The Bertz CT molecular complexity index is 575. The number of hydrogen-bond donors (Lipinski definition) is 1. The average Bonchev–Trinajstić information content (AvgIpc) is 2.86. The molecule has 0 amide bonds. The maximum atomic E-state index is 11.1. The lowest BCUT2D eigenvalue weighted by Gasteiger charge is -2.18. The molecule has 0 saturated carbocycles. The average molecular weight is 268 g/mol. The minimum Gasteiger partial charge on any atom is -0.481 e. The normalized spacial score (nSPS) is 11.7. The molecule has 2 aromatic heterocycles. The molecule has 1 N–H and O–H groups in total. The molecule has 0 saturated heterocycles. The molecule has 0 aliphatic carbocycles. The van der Waals surface area contributed by atoms with Crippen LogP contribution in [0.2, 0.25) is 0 Å². The highest BCUT2D eigenvalue weighted by Gasteiger charge is 2.30. The van der Waals surface area contributed by atoms with Gasteiger partial charge in [-0.05, 0) is 42.7 Å². The fourth-order valence-electron chi connectivity index (χ4n) is 1.35. The third-order valence-corrected chi connectivity index (χ3v) is 3.33. The highest BCUT2D eigenvalue weighted by molar-refractivity contribution is 7.09. The van der Waals surface area contributed by atoms with Gasteiger partial charge in [-0.25, -0.2) is 4.68 Å². The van der Waals surface area contributed by atoms with E-state index in [9.17, 15) is 4.79 Å². The van der Waals surface area contributed by atoms with Crippen LogP contribution in [0.3, 0.4) is 0 Å². The van der Waals surface area contributed by atoms with Crippen molar-refractivity contribution in [3.63, 3.8) is 0 Å². The molecule has 0 atom stereocenters. The number of carboxylic acids is 1. The molecular formula is C9H12N6O2S. The summed E-state index contributed by atoms with van der Waals surface area (Å²) in [5.41, 5.74) is -0.222. The van der Waals surface area contributed by atoms with Gasteiger partial charge < -0.3 is 5.11 Å². The molecule has 0 aliphatic heterocycles. The van der Waals surface area contributed by atoms with E-state index in [0.29, 0.717) is 5.82 Å². The van der Waals surface area contributed by atoms with E-state index in [-0.39, 0.29) is 6.54 Å². The number of aromatic nitrogens is 6. The molecule has 0 spiro atoms. The summed E-state index contributed by atoms with van der Waals surface area (Å²) in [6.45, 7) is 5.24. The highest BCUT2D eigenvalue weighted by atomic mass is 32.1. The Kier molecular flexibility index (Phi) is 3.07. The molecule has 0 bridgehead atoms. The molecule has 18 heavy (non-hydrogen) atoms. The second kappa shape index (κ2) is 4.41. The zero-order valence-corrected chi connectivity index (χ0v) is 11.0. The van der Waals surface area contributed by atoms with Crippen LogP contribution in [-0.2, 0) is 11.3 Å². The van der Waals surface area contributed by atoms with E-state index < -0.39 is 11.4 Å². The summed E-state index contributed by atoms with van der Waals surface area (Å²) < 4.78 is 5.29. The molecule has 0 radical (unpaired) electrons. The zero-order valence-electron chi connectivity index (χ0n) is 10.2. The Morgan fingerprint density at radius 2 is 2.17 bits per heavy atom. The van der Waals surface area contributed by atoms with Gasteiger partial charge in [-0.15, -0.1) is 10.2 Å². The summed E-state index contributed by atoms with van der Waals surface area (Å²) in [6, 6.07) is 0. The first-order valence-corrected chi connectivity index (χ1v) is 5.98. The Morgan fingerprint density at radius 1 is 1.44 bits per heavy atom. The van der Waals surface area contributed by atoms with Gasteiger partial charge in [-0.1, -0.05) is 4.49 Å². The fourth-order valence-corrected chi connectivity index (χ4v) is 2.00. The van der Waals surface area contributed by atoms with E-state index in [1.54, 1.807) is 20.8 Å². The summed E-state index contributed by atoms with van der Waals surface area (Å²) in [4.78, 5) is 11.9. The number of aliphatic carboxylic acids is 1. The summed E-state index contributed by atoms with van der Waals surface area (Å²) in [5.74, 6) is -0.403. The predicted octanol–water partition coefficient (Wildman–Crippen LogP) is 0.611. The van der Waals surface area contributed by atoms with E-state index in [4.69, 9.17) is 5.11 Å². The standard InChI is InChI=1S/C9H12N6O2S/c1-5-6(18-14-10-5)7-11-12-13-15(7)4-9(2,3)8(16)17/h4H2,1-3H3,(H,16,17). The molecule has 0 aromatic carbocycles. The van der Waals surface area contributed by atoms with Crippen LogP contribution in [0.25, 0.3) is 10.7 Å². The van der Waals surface area contributed by atoms with Crippen molar-refractivity contribution in [2.75, 3.05) is 0 Å². The van der Waals surface area contributed by atoms with E-state index in [2.05, 4.69) is 25.1 Å². The largest absolute Gasteiger partial charge is 0.481 e. The molecule has 0 unspecified atom stereocenters. The van der Waals surface area contributed by atoms with Crippen LogP contribution < -0.4 is 0 Å². The first kappa shape index (κ1) is 12.6. The van der Waals surface area contributed by atoms with Gasteiger partial charge in [0.2, 0.25) is 0 Å². The quantitative estimate of drug-likeness (QED) is 0.865. The Hall–Kier alpha value is -1.90. The van der Waals surface area contributed by atoms with Gasteiger partial charge >= 0.3 is 5.97 Å². The second-order valence-corrected chi connectivity index (χ2v) is 5.29. The Balaban J connectivity index is 2.35. The van der Waals surface area contributed by atoms with Crippen LogP contribution in [-0.4, -0.2) is 40.9 Å². The highest BCUT2D eigenvalue weighted by Crippen LogP contribution is 2.25. The molecule has 0 aliphatic rings. The molecule has 8 nitrogen and oxygen atoms in total. The van der Waals surface area contributed by atoms with Gasteiger partial charge in [0.05, 0.1) is 17.7 Å². The second-order valence-electron chi connectivity index (χ2n) is 4.54. The molecule has 2 rings (SSSR count). The number of carbonyl (C=O) groups is 1. The lowest BCUT2D eigenvalue weighted by molar-refractivity contribution is -0.147. The monoisotopic (exact) mass is 268 g/mol. The van der Waals surface area contributed by atoms with Crippen molar-refractivity contribution in [1.82, 2.24) is 29.8 Å². The third-order valence-electron chi connectivity index (χ3n) is 2.51. The van der Waals surface area contributed by atoms with Crippen LogP contribution in [0.5, 0.6) is 0 Å². The molecule has 0 fully saturated rings. The fraction of sp³-hybridized carbons (Fsp3) is 0.556. The number of nitrogens with zero attached hydrogens (tertiary/aromatic N) is 6. The van der Waals surface area contributed by atoms with Gasteiger partial charge in [-0.2, -0.15) is 0 Å². The SMILES string of the molecule is Cc1nnsc1-c1nnnn1CC(C)(C)C(=O)O. The van der Waals surface area contributed by atoms with E-state index in [1.165, 1.54) is 16.2 Å². The minimum absolute atomic E-state index is 0.183. The van der Waals surface area contributed by atoms with Crippen molar-refractivity contribution in [2.24, 2.45) is 5.41 Å². The van der Waals surface area contributed by atoms with Crippen molar-refractivity contribution in [2.45, 2.75) is 27.3 Å². The summed E-state index contributed by atoms with van der Waals surface area (Å²) in [7, 11) is 0. The van der Waals surface area contributed by atoms with Crippen molar-refractivity contribution in [3.8, 4) is 10.7 Å². The maximum Gasteiger partial charge on any atom is 0.310 e. The van der Waals surface area contributed by atoms with Crippen LogP contribution in [0.15, 0.2) is 0 Å². The first-order chi connectivity index (χ1) is 8.42. The molecule has 96 valence electrons. The van der Waals surface area contributed by atoms with Gasteiger partial charge in [0, 0.05) is 0 Å². The maximum absolute atomic E-state index is 11.1. The van der Waals surface area contributed by atoms with Gasteiger partial charge in [0.15, 0.2) is 5.82 Å². The van der Waals surface area contributed by atoms with Gasteiger partial charge in [0.25, 0.3) is 0 Å². The van der Waals surface area contributed by atoms with Crippen LogP contribution >= 0.6 is 11.5 Å². The lowest BCUT2D eigenvalue weighted by Crippen LogP contribution is -2.30. The Morgan fingerprint density at radius 3 is 2.72 bits per heavy atom. The first-order valence-electron chi connectivity index (χ1n) is 5.21. The van der Waals surface area contributed by atoms with Crippen LogP contribution in [0.1, 0.15) is 19.5 Å². The smallest absolute Gasteiger partial charge is 0.310 e. The van der Waals surface area contributed by atoms with E-state index in [0.717, 1.165) is 10.6 Å². The topological polar surface area (TPSA) is 107 Å². The lowest BCUT2D eigenvalue weighted by atomic mass is 9.94. The number of hydrogen-bond acceptors (Lipinski definition) is 7. The summed E-state index contributed by atoms with van der Waals surface area (Å²) in [6.07, 6.45) is 0. The number of aryl methyl sites for hydroxylation is 1. The van der Waals surface area contributed by atoms with E-state index in [1.807, 2.05) is 0 Å². The number of tetrazole rings is 1. The van der Waals surface area contributed by atoms with Crippen molar-refractivity contribution < 1.29 is 9.90 Å². The van der Waals surface area contributed by atoms with Crippen molar-refractivity contribution in [1.29, 1.82) is 0 Å². The molecule has 2 aromatic rings. The summed E-state index contributed by atoms with van der Waals surface area (Å²) in [5, 5.41) is 24.3. The zero-order chi connectivity index (χ0) is 13.3. The van der Waals surface area contributed by atoms with Crippen LogP contribution in [0.4, 0.5) is 0 Å². The third kappa shape index (κ3) is 2.21. The van der Waals surface area contributed by atoms with Gasteiger partial charge in [0.1, 0.15) is 4.88 Å². The summed E-state index contributed by atoms with van der Waals surface area (Å²) >= 11 is 1.18. The number of carboxylic acid groups (broad SMARTS) is 1. The Labute approximate surface area is 107 Å². The van der Waals surface area contributed by atoms with Crippen molar-refractivity contribution in [3.05, 3.63) is 5.69 Å². The van der Waals surface area contributed by atoms with Crippen LogP contribution in [0, 0.1) is 12.3 Å². The number of rotatable bonds is 4. The molecular weight excluding hydrogens is 256 g/mol. The minimum atomic E-state index is -0.948. The molecule has 9 heteroatoms. The predicted molar refractivity (Wildman–Crippen MR) is 62.9 cm³/mol. The van der Waals surface area contributed by atoms with Gasteiger partial charge in [-0.3, -0.25) is 4.79 Å². The van der Waals surface area contributed by atoms with E-state index >= 15 is 0 Å². The van der Waals surface area contributed by atoms with Crippen molar-refractivity contribution >= 4 is 17.5 Å².